The fourth-order valence-corrected chi connectivity index (χ4v) is 8.95. The summed E-state index contributed by atoms with van der Waals surface area (Å²) in [6, 6.07) is 60.6. The van der Waals surface area contributed by atoms with Gasteiger partial charge in [0.15, 0.2) is 0 Å². The Kier molecular flexibility index (Phi) is 10.4. The molecule has 10 rings (SSSR count). The fourth-order valence-electron chi connectivity index (χ4n) is 8.95. The molecule has 0 aliphatic rings. The van der Waals surface area contributed by atoms with Crippen LogP contribution in [0, 0.1) is 33.6 Å². The maximum Gasteiger partial charge on any atom is 0.148 e. The van der Waals surface area contributed by atoms with E-state index in [1.807, 2.05) is 140 Å². The van der Waals surface area contributed by atoms with Crippen molar-refractivity contribution in [1.29, 1.82) is 0 Å². The average molecular weight is 1060 g/mol. The quantitative estimate of drug-likeness (QED) is 0.154. The number of nitrogens with zero attached hydrogens (tertiary/aromatic N) is 3. The number of rotatable bonds is 8. The first kappa shape index (κ1) is 38.0. The molecule has 0 aliphatic heterocycles. The van der Waals surface area contributed by atoms with Crippen LogP contribution in [0.4, 0.5) is 0 Å². The van der Waals surface area contributed by atoms with Crippen molar-refractivity contribution in [2.45, 2.75) is 53.7 Å². The molecule has 10 aromatic rings. The summed E-state index contributed by atoms with van der Waals surface area (Å²) < 4.78 is 52.7. The molecular formula is C62H52N3OPt-. The van der Waals surface area contributed by atoms with Crippen LogP contribution in [-0.2, 0) is 26.5 Å². The van der Waals surface area contributed by atoms with E-state index in [0.717, 1.165) is 66.8 Å². The number of phenols is 1. The molecule has 0 amide bonds. The summed E-state index contributed by atoms with van der Waals surface area (Å²) in [5.74, 6) is 0.515. The number of benzene rings is 8. The van der Waals surface area contributed by atoms with Gasteiger partial charge in [-0.1, -0.05) is 176 Å². The number of aromatic hydroxyl groups is 1. The summed E-state index contributed by atoms with van der Waals surface area (Å²) in [6.07, 6.45) is 1.75. The van der Waals surface area contributed by atoms with E-state index in [0.29, 0.717) is 44.9 Å². The number of pyridine rings is 1. The molecule has 0 spiro atoms. The first-order valence-corrected chi connectivity index (χ1v) is 22.2. The first-order chi connectivity index (χ1) is 34.3. The molecule has 8 aromatic carbocycles. The Bertz CT molecular complexity index is 3650. The molecule has 0 saturated carbocycles. The zero-order chi connectivity index (χ0) is 50.7. The van der Waals surface area contributed by atoms with E-state index in [-0.39, 0.29) is 43.4 Å². The Hall–Kier alpha value is -7.13. The Morgan fingerprint density at radius 1 is 0.537 bits per heavy atom. The van der Waals surface area contributed by atoms with Crippen LogP contribution >= 0.6 is 0 Å². The Balaban J connectivity index is 0.00000656. The molecule has 2 heterocycles. The summed E-state index contributed by atoms with van der Waals surface area (Å²) in [4.78, 5) is 10.3. The minimum Gasteiger partial charge on any atom is -0.507 e. The van der Waals surface area contributed by atoms with Gasteiger partial charge in [-0.25, -0.2) is 4.98 Å². The van der Waals surface area contributed by atoms with Crippen LogP contribution in [-0.4, -0.2) is 19.6 Å². The normalized spacial score (nSPS) is 13.1. The molecular weight excluding hydrogens is 998 g/mol. The van der Waals surface area contributed by atoms with Crippen molar-refractivity contribution in [3.63, 3.8) is 0 Å². The second kappa shape index (κ2) is 18.3. The van der Waals surface area contributed by atoms with Gasteiger partial charge in [-0.3, -0.25) is 9.55 Å². The van der Waals surface area contributed by atoms with Gasteiger partial charge < -0.3 is 5.11 Å². The van der Waals surface area contributed by atoms with Crippen molar-refractivity contribution in [3.05, 3.63) is 216 Å². The van der Waals surface area contributed by atoms with Crippen LogP contribution < -0.4 is 0 Å². The van der Waals surface area contributed by atoms with Crippen LogP contribution in [0.25, 0.3) is 95.0 Å². The van der Waals surface area contributed by atoms with Gasteiger partial charge in [0.25, 0.3) is 0 Å². The number of aromatic nitrogens is 3. The van der Waals surface area contributed by atoms with Crippen LogP contribution in [0.1, 0.15) is 56.8 Å². The van der Waals surface area contributed by atoms with Crippen molar-refractivity contribution in [2.75, 3.05) is 0 Å². The zero-order valence-corrected chi connectivity index (χ0v) is 40.2. The van der Waals surface area contributed by atoms with E-state index in [1.54, 1.807) is 24.4 Å². The predicted molar refractivity (Wildman–Crippen MR) is 275 cm³/mol. The van der Waals surface area contributed by atoms with E-state index >= 15 is 0 Å². The minimum atomic E-state index is -2.51. The predicted octanol–water partition coefficient (Wildman–Crippen LogP) is 16.1. The third-order valence-electron chi connectivity index (χ3n) is 12.4. The van der Waals surface area contributed by atoms with Crippen molar-refractivity contribution >= 4 is 11.0 Å². The Labute approximate surface area is 417 Å². The van der Waals surface area contributed by atoms with Crippen molar-refractivity contribution < 1.29 is 34.4 Å². The molecule has 5 heteroatoms. The minimum absolute atomic E-state index is 0. The monoisotopic (exact) mass is 1060 g/mol. The van der Waals surface area contributed by atoms with Gasteiger partial charge in [0, 0.05) is 46.7 Å². The van der Waals surface area contributed by atoms with Crippen LogP contribution in [0.2, 0.25) is 0 Å². The van der Waals surface area contributed by atoms with Gasteiger partial charge in [0.05, 0.1) is 22.3 Å². The fraction of sp³-hybridized carbons (Fsp3) is 0.129. The number of imidazole rings is 1. The molecule has 0 atom stereocenters. The number of phenolic OH excluding ortho intramolecular Hbond substituents is 1. The molecule has 2 aromatic heterocycles. The zero-order valence-electron chi connectivity index (χ0n) is 43.9. The maximum atomic E-state index is 12.0. The number of hydrogen-bond acceptors (Lipinski definition) is 3. The van der Waals surface area contributed by atoms with Gasteiger partial charge in [-0.2, -0.15) is 0 Å². The molecule has 0 unspecified atom stereocenters. The molecule has 0 aliphatic carbocycles. The third kappa shape index (κ3) is 8.83. The summed E-state index contributed by atoms with van der Waals surface area (Å²) in [5, 5.41) is 12.0. The average Bonchev–Trinajstić information content (AvgIpc) is 3.76. The van der Waals surface area contributed by atoms with Gasteiger partial charge in [-0.05, 0) is 119 Å². The van der Waals surface area contributed by atoms with Gasteiger partial charge >= 0.3 is 0 Å². The molecule has 67 heavy (non-hydrogen) atoms. The largest absolute Gasteiger partial charge is 0.507 e. The van der Waals surface area contributed by atoms with E-state index in [9.17, 15) is 5.11 Å². The topological polar surface area (TPSA) is 50.9 Å². The summed E-state index contributed by atoms with van der Waals surface area (Å²) in [7, 11) is 0. The van der Waals surface area contributed by atoms with E-state index in [1.165, 1.54) is 0 Å². The summed E-state index contributed by atoms with van der Waals surface area (Å²) >= 11 is 0. The third-order valence-corrected chi connectivity index (χ3v) is 12.4. The molecule has 332 valence electrons. The molecule has 0 fully saturated rings. The number of hydrogen-bond donors (Lipinski definition) is 1. The molecule has 0 radical (unpaired) electrons. The molecule has 1 N–H and O–H groups in total. The van der Waals surface area contributed by atoms with Crippen LogP contribution in [0.3, 0.4) is 0 Å². The van der Waals surface area contributed by atoms with Crippen molar-refractivity contribution in [1.82, 2.24) is 14.5 Å². The summed E-state index contributed by atoms with van der Waals surface area (Å²) in [5.41, 5.74) is 15.1. The second-order valence-electron chi connectivity index (χ2n) is 18.1. The van der Waals surface area contributed by atoms with Gasteiger partial charge in [0.1, 0.15) is 11.6 Å². The summed E-state index contributed by atoms with van der Waals surface area (Å²) in [6.45, 7) is 5.60. The van der Waals surface area contributed by atoms with E-state index < -0.39 is 13.7 Å². The van der Waals surface area contributed by atoms with Crippen molar-refractivity contribution in [3.8, 4) is 89.7 Å². The number of para-hydroxylation sites is 1. The Morgan fingerprint density at radius 2 is 1.21 bits per heavy atom. The SMILES string of the molecule is [2H]C([2H])([2H])c1ccc(-c2ccnc(-c3[c-]c(-c4cccc5c4nc(-c4cc(C)cc(C)c4O)n5-c4cc(C([2H])([2H])[2H])c(-c5ccc(C(C)(C)C)cc5)cc4-c4ccccc4)cc(-c4ccccc4)c3)c2)cc1.[Pt]. The van der Waals surface area contributed by atoms with Crippen LogP contribution in [0.5, 0.6) is 5.75 Å². The number of aryl methyl sites for hydroxylation is 4. The first-order valence-electron chi connectivity index (χ1n) is 25.2. The van der Waals surface area contributed by atoms with Crippen LogP contribution in [0.15, 0.2) is 182 Å². The van der Waals surface area contributed by atoms with Crippen molar-refractivity contribution in [2.24, 2.45) is 0 Å². The van der Waals surface area contributed by atoms with Gasteiger partial charge in [-0.15, -0.1) is 23.8 Å². The molecule has 0 saturated heterocycles. The van der Waals surface area contributed by atoms with E-state index in [4.69, 9.17) is 18.2 Å². The smallest absolute Gasteiger partial charge is 0.148 e. The van der Waals surface area contributed by atoms with E-state index in [2.05, 4.69) is 63.2 Å². The number of fused-ring (bicyclic) bond motifs is 1. The second-order valence-corrected chi connectivity index (χ2v) is 18.1. The standard InChI is InChI=1S/C62H52N3O.Pt/c1-39-21-23-44(24-22-39)47-29-30-63-56(37-47)50-35-48(43-15-10-8-11-16-43)34-49(36-50)52-19-14-20-57-59(52)64-61(55-32-40(2)31-42(4)60(55)66)65(57)58-33-41(3)53(38-54(58)45-17-12-9-13-18-45)46-25-27-51(28-26-46)62(5,6)7;/h8-35,37-38,66H,1-7H3;/q-1;/i1D3,3D3;. The Morgan fingerprint density at radius 3 is 1.91 bits per heavy atom. The maximum absolute atomic E-state index is 12.0. The molecule has 0 bridgehead atoms. The molecule has 4 nitrogen and oxygen atoms in total. The van der Waals surface area contributed by atoms with Gasteiger partial charge in [0.2, 0.25) is 0 Å².